The average Bonchev–Trinajstić information content (AvgIpc) is 2.51. The molecule has 0 bridgehead atoms. The van der Waals surface area contributed by atoms with E-state index in [1.54, 1.807) is 12.7 Å². The molecule has 2 heterocycles. The van der Waals surface area contributed by atoms with E-state index in [1.807, 2.05) is 0 Å². The third-order valence-electron chi connectivity index (χ3n) is 4.81. The lowest BCUT2D eigenvalue weighted by Crippen LogP contribution is -2.43. The first-order valence-corrected chi connectivity index (χ1v) is 9.49. The SMILES string of the molecule is COCCNCC/C=C(/C)C1CCOC2(CCSCC2)C1. The summed E-state index contributed by atoms with van der Waals surface area (Å²) in [5.41, 5.74) is 1.78. The Kier molecular flexibility index (Phi) is 7.58. The quantitative estimate of drug-likeness (QED) is 0.577. The van der Waals surface area contributed by atoms with Gasteiger partial charge in [0.15, 0.2) is 0 Å². The van der Waals surface area contributed by atoms with Gasteiger partial charge in [0.1, 0.15) is 0 Å². The Hall–Kier alpha value is -0.0300. The van der Waals surface area contributed by atoms with E-state index >= 15 is 0 Å². The molecule has 0 radical (unpaired) electrons. The van der Waals surface area contributed by atoms with E-state index in [9.17, 15) is 0 Å². The van der Waals surface area contributed by atoms with Crippen molar-refractivity contribution in [1.29, 1.82) is 0 Å². The zero-order valence-electron chi connectivity index (χ0n) is 13.7. The fourth-order valence-corrected chi connectivity index (χ4v) is 4.61. The van der Waals surface area contributed by atoms with Gasteiger partial charge >= 0.3 is 0 Å². The summed E-state index contributed by atoms with van der Waals surface area (Å²) in [7, 11) is 1.75. The molecule has 2 saturated heterocycles. The number of ether oxygens (including phenoxy) is 2. The van der Waals surface area contributed by atoms with E-state index < -0.39 is 0 Å². The zero-order valence-corrected chi connectivity index (χ0v) is 14.5. The van der Waals surface area contributed by atoms with Gasteiger partial charge in [-0.2, -0.15) is 11.8 Å². The molecule has 1 atom stereocenters. The van der Waals surface area contributed by atoms with Gasteiger partial charge in [0.05, 0.1) is 12.2 Å². The van der Waals surface area contributed by atoms with Gasteiger partial charge in [-0.05, 0) is 63.0 Å². The largest absolute Gasteiger partial charge is 0.383 e. The number of hydrogen-bond donors (Lipinski definition) is 1. The zero-order chi connectivity index (χ0) is 15.0. The van der Waals surface area contributed by atoms with Gasteiger partial charge in [-0.15, -0.1) is 0 Å². The summed E-state index contributed by atoms with van der Waals surface area (Å²) in [5.74, 6) is 3.29. The molecule has 2 aliphatic rings. The molecule has 1 unspecified atom stereocenters. The van der Waals surface area contributed by atoms with Crippen molar-refractivity contribution in [3.8, 4) is 0 Å². The minimum absolute atomic E-state index is 0.208. The maximum absolute atomic E-state index is 6.19. The standard InChI is InChI=1S/C17H31NO2S/c1-15(4-3-8-18-9-11-19-2)16-5-10-20-17(14-16)6-12-21-13-7-17/h4,16,18H,3,5-14H2,1-2H3/b15-4-. The van der Waals surface area contributed by atoms with E-state index in [0.717, 1.165) is 38.6 Å². The van der Waals surface area contributed by atoms with E-state index in [2.05, 4.69) is 30.1 Å². The fraction of sp³-hybridized carbons (Fsp3) is 0.882. The maximum atomic E-state index is 6.19. The van der Waals surface area contributed by atoms with Crippen LogP contribution in [0.3, 0.4) is 0 Å². The Balaban J connectivity index is 1.74. The normalized spacial score (nSPS) is 26.2. The highest BCUT2D eigenvalue weighted by Gasteiger charge is 2.38. The number of methoxy groups -OCH3 is 1. The first-order valence-electron chi connectivity index (χ1n) is 8.34. The van der Waals surface area contributed by atoms with E-state index in [1.165, 1.54) is 37.2 Å². The molecule has 0 aromatic heterocycles. The second-order valence-electron chi connectivity index (χ2n) is 6.31. The minimum atomic E-state index is 0.208. The average molecular weight is 314 g/mol. The predicted molar refractivity (Wildman–Crippen MR) is 91.1 cm³/mol. The first kappa shape index (κ1) is 17.3. The lowest BCUT2D eigenvalue weighted by Gasteiger charge is -2.43. The molecule has 0 saturated carbocycles. The molecule has 0 amide bonds. The molecule has 0 aliphatic carbocycles. The van der Waals surface area contributed by atoms with Crippen molar-refractivity contribution in [2.45, 2.75) is 44.6 Å². The summed E-state index contributed by atoms with van der Waals surface area (Å²) in [6.07, 6.45) is 8.50. The highest BCUT2D eigenvalue weighted by molar-refractivity contribution is 7.99. The number of hydrogen-bond acceptors (Lipinski definition) is 4. The van der Waals surface area contributed by atoms with Crippen LogP contribution >= 0.6 is 11.8 Å². The van der Waals surface area contributed by atoms with Crippen molar-refractivity contribution in [1.82, 2.24) is 5.32 Å². The summed E-state index contributed by atoms with van der Waals surface area (Å²) in [6.45, 7) is 6.05. The van der Waals surface area contributed by atoms with Crippen LogP contribution in [0, 0.1) is 5.92 Å². The van der Waals surface area contributed by atoms with Crippen molar-refractivity contribution >= 4 is 11.8 Å². The summed E-state index contributed by atoms with van der Waals surface area (Å²) < 4.78 is 11.2. The van der Waals surface area contributed by atoms with Crippen molar-refractivity contribution in [2.24, 2.45) is 5.92 Å². The summed E-state index contributed by atoms with van der Waals surface area (Å²) in [4.78, 5) is 0. The molecular formula is C17H31NO2S. The van der Waals surface area contributed by atoms with Crippen LogP contribution in [0.25, 0.3) is 0 Å². The van der Waals surface area contributed by atoms with E-state index in [-0.39, 0.29) is 5.60 Å². The maximum Gasteiger partial charge on any atom is 0.0704 e. The molecule has 122 valence electrons. The topological polar surface area (TPSA) is 30.5 Å². The van der Waals surface area contributed by atoms with Crippen LogP contribution in [-0.2, 0) is 9.47 Å². The van der Waals surface area contributed by atoms with Crippen LogP contribution in [-0.4, -0.2) is 50.5 Å². The van der Waals surface area contributed by atoms with Crippen molar-refractivity contribution in [3.05, 3.63) is 11.6 Å². The predicted octanol–water partition coefficient (Wildman–Crippen LogP) is 3.25. The van der Waals surface area contributed by atoms with Crippen LogP contribution in [0.5, 0.6) is 0 Å². The molecule has 21 heavy (non-hydrogen) atoms. The fourth-order valence-electron chi connectivity index (χ4n) is 3.38. The van der Waals surface area contributed by atoms with Gasteiger partial charge in [-0.1, -0.05) is 11.6 Å². The number of thioether (sulfide) groups is 1. The molecule has 2 fully saturated rings. The Morgan fingerprint density at radius 2 is 2.19 bits per heavy atom. The smallest absolute Gasteiger partial charge is 0.0704 e. The van der Waals surface area contributed by atoms with Gasteiger partial charge in [0.25, 0.3) is 0 Å². The minimum Gasteiger partial charge on any atom is -0.383 e. The van der Waals surface area contributed by atoms with Crippen molar-refractivity contribution in [3.63, 3.8) is 0 Å². The van der Waals surface area contributed by atoms with Crippen molar-refractivity contribution < 1.29 is 9.47 Å². The first-order chi connectivity index (χ1) is 10.3. The highest BCUT2D eigenvalue weighted by Crippen LogP contribution is 2.41. The molecule has 1 N–H and O–H groups in total. The second kappa shape index (κ2) is 9.19. The Bertz CT molecular complexity index is 321. The number of rotatable bonds is 7. The monoisotopic (exact) mass is 313 g/mol. The lowest BCUT2D eigenvalue weighted by atomic mass is 9.79. The Morgan fingerprint density at radius 1 is 1.38 bits per heavy atom. The number of allylic oxidation sites excluding steroid dienone is 1. The Morgan fingerprint density at radius 3 is 2.95 bits per heavy atom. The van der Waals surface area contributed by atoms with Gasteiger partial charge in [0.2, 0.25) is 0 Å². The third-order valence-corrected chi connectivity index (χ3v) is 5.80. The van der Waals surface area contributed by atoms with Gasteiger partial charge < -0.3 is 14.8 Å². The molecule has 2 rings (SSSR count). The van der Waals surface area contributed by atoms with Crippen LogP contribution < -0.4 is 5.32 Å². The van der Waals surface area contributed by atoms with Crippen LogP contribution in [0.4, 0.5) is 0 Å². The molecule has 4 heteroatoms. The van der Waals surface area contributed by atoms with Crippen LogP contribution in [0.1, 0.15) is 39.0 Å². The van der Waals surface area contributed by atoms with Gasteiger partial charge in [-0.25, -0.2) is 0 Å². The molecule has 2 aliphatic heterocycles. The van der Waals surface area contributed by atoms with Crippen molar-refractivity contribution in [2.75, 3.05) is 44.9 Å². The highest BCUT2D eigenvalue weighted by atomic mass is 32.2. The second-order valence-corrected chi connectivity index (χ2v) is 7.54. The molecule has 0 aromatic rings. The summed E-state index contributed by atoms with van der Waals surface area (Å²) in [5, 5.41) is 3.40. The summed E-state index contributed by atoms with van der Waals surface area (Å²) >= 11 is 2.08. The lowest BCUT2D eigenvalue weighted by molar-refractivity contribution is -0.0965. The number of nitrogens with one attached hydrogen (secondary N) is 1. The molecular weight excluding hydrogens is 282 g/mol. The van der Waals surface area contributed by atoms with Gasteiger partial charge in [-0.3, -0.25) is 0 Å². The molecule has 1 spiro atoms. The Labute approximate surface area is 134 Å². The van der Waals surface area contributed by atoms with E-state index in [0.29, 0.717) is 0 Å². The molecule has 3 nitrogen and oxygen atoms in total. The van der Waals surface area contributed by atoms with E-state index in [4.69, 9.17) is 9.47 Å². The van der Waals surface area contributed by atoms with Crippen LogP contribution in [0.15, 0.2) is 11.6 Å². The summed E-state index contributed by atoms with van der Waals surface area (Å²) in [6, 6.07) is 0. The van der Waals surface area contributed by atoms with Gasteiger partial charge in [0, 0.05) is 20.3 Å². The van der Waals surface area contributed by atoms with Crippen LogP contribution in [0.2, 0.25) is 0 Å². The molecule has 0 aromatic carbocycles. The third kappa shape index (κ3) is 5.59.